The highest BCUT2D eigenvalue weighted by Crippen LogP contribution is 2.39. The Morgan fingerprint density at radius 1 is 1.17 bits per heavy atom. The van der Waals surface area contributed by atoms with Gasteiger partial charge in [0.25, 0.3) is 5.69 Å². The van der Waals surface area contributed by atoms with Gasteiger partial charge in [0, 0.05) is 11.4 Å². The number of hydrazine groups is 1. The molecule has 0 radical (unpaired) electrons. The van der Waals surface area contributed by atoms with Gasteiger partial charge in [-0.05, 0) is 50.2 Å². The van der Waals surface area contributed by atoms with E-state index >= 15 is 0 Å². The van der Waals surface area contributed by atoms with E-state index in [4.69, 9.17) is 10.6 Å². The number of nitro benzene ring substituents is 1. The van der Waals surface area contributed by atoms with Crippen LogP contribution in [0.4, 0.5) is 22.7 Å². The maximum absolute atomic E-state index is 11.9. The number of pyridine rings is 1. The van der Waals surface area contributed by atoms with Crippen molar-refractivity contribution in [3.8, 4) is 0 Å². The predicted molar refractivity (Wildman–Crippen MR) is 106 cm³/mol. The summed E-state index contributed by atoms with van der Waals surface area (Å²) >= 11 is 0. The standard InChI is InChI=1S/C19H17N5O5/c1-3-29-19(25)12-5-7-13(8-6-12)22-18-16(23(20)26)10-15(24(27)28)14-9-4-11(2)21-17(14)18/h4-10H,3H2,1-2H3,(H2-,20,22,25,26)/p+1. The molecule has 3 N–H and O–H groups in total. The Balaban J connectivity index is 2.13. The van der Waals surface area contributed by atoms with Crippen LogP contribution in [-0.4, -0.2) is 27.4 Å². The van der Waals surface area contributed by atoms with E-state index in [1.54, 1.807) is 50.2 Å². The van der Waals surface area contributed by atoms with E-state index in [2.05, 4.69) is 10.3 Å². The summed E-state index contributed by atoms with van der Waals surface area (Å²) in [6.07, 6.45) is 0. The third kappa shape index (κ3) is 3.95. The Morgan fingerprint density at radius 3 is 2.45 bits per heavy atom. The van der Waals surface area contributed by atoms with Gasteiger partial charge in [-0.1, -0.05) is 0 Å². The summed E-state index contributed by atoms with van der Waals surface area (Å²) in [6.45, 7) is 3.71. The first-order chi connectivity index (χ1) is 13.8. The summed E-state index contributed by atoms with van der Waals surface area (Å²) in [5, 5.41) is 14.7. The normalized spacial score (nSPS) is 10.6. The largest absolute Gasteiger partial charge is 0.462 e. The van der Waals surface area contributed by atoms with E-state index < -0.39 is 10.9 Å². The number of esters is 1. The fourth-order valence-electron chi connectivity index (χ4n) is 2.85. The Labute approximate surface area is 165 Å². The number of benzene rings is 2. The molecule has 0 aliphatic heterocycles. The summed E-state index contributed by atoms with van der Waals surface area (Å²) in [7, 11) is 0. The highest BCUT2D eigenvalue weighted by Gasteiger charge is 2.28. The van der Waals surface area contributed by atoms with Crippen molar-refractivity contribution in [3.63, 3.8) is 0 Å². The molecule has 0 spiro atoms. The summed E-state index contributed by atoms with van der Waals surface area (Å²) in [4.78, 5) is 39.0. The van der Waals surface area contributed by atoms with Crippen LogP contribution in [0, 0.1) is 21.9 Å². The number of carbonyl (C=O) groups excluding carboxylic acids is 1. The number of nitrogens with one attached hydrogen (secondary N) is 1. The van der Waals surface area contributed by atoms with E-state index in [0.717, 1.165) is 6.07 Å². The molecule has 0 saturated carbocycles. The van der Waals surface area contributed by atoms with Crippen LogP contribution in [0.2, 0.25) is 0 Å². The smallest absolute Gasteiger partial charge is 0.338 e. The lowest BCUT2D eigenvalue weighted by molar-refractivity contribution is -0.474. The summed E-state index contributed by atoms with van der Waals surface area (Å²) in [6, 6.07) is 10.7. The third-order valence-corrected chi connectivity index (χ3v) is 4.18. The quantitative estimate of drug-likeness (QED) is 0.211. The van der Waals surface area contributed by atoms with Crippen molar-refractivity contribution in [2.45, 2.75) is 13.8 Å². The highest BCUT2D eigenvalue weighted by atomic mass is 16.6. The lowest BCUT2D eigenvalue weighted by Gasteiger charge is -2.11. The van der Waals surface area contributed by atoms with E-state index in [0.29, 0.717) is 16.9 Å². The van der Waals surface area contributed by atoms with Crippen molar-refractivity contribution < 1.29 is 19.3 Å². The summed E-state index contributed by atoms with van der Waals surface area (Å²) < 4.78 is 4.95. The first-order valence-electron chi connectivity index (χ1n) is 8.66. The number of hydrogen-bond donors (Lipinski definition) is 2. The van der Waals surface area contributed by atoms with Crippen LogP contribution in [-0.2, 0) is 4.74 Å². The number of carbonyl (C=O) groups is 1. The Morgan fingerprint density at radius 2 is 1.86 bits per heavy atom. The van der Waals surface area contributed by atoms with Gasteiger partial charge in [-0.25, -0.2) is 4.79 Å². The molecule has 0 amide bonds. The number of nitroso groups, excluding NO2 is 1. The van der Waals surface area contributed by atoms with Gasteiger partial charge in [-0.3, -0.25) is 15.1 Å². The highest BCUT2D eigenvalue weighted by molar-refractivity contribution is 6.02. The van der Waals surface area contributed by atoms with E-state index in [1.165, 1.54) is 0 Å². The average Bonchev–Trinajstić information content (AvgIpc) is 2.68. The van der Waals surface area contributed by atoms with Gasteiger partial charge in [0.2, 0.25) is 0 Å². The molecule has 1 aromatic heterocycles. The van der Waals surface area contributed by atoms with Crippen molar-refractivity contribution in [1.82, 2.24) is 4.98 Å². The van der Waals surface area contributed by atoms with E-state index in [1.807, 2.05) is 0 Å². The van der Waals surface area contributed by atoms with E-state index in [9.17, 15) is 19.8 Å². The number of nitrogens with two attached hydrogens (primary N) is 1. The minimum absolute atomic E-state index is 0.0474. The zero-order chi connectivity index (χ0) is 21.1. The second-order valence-corrected chi connectivity index (χ2v) is 6.14. The zero-order valence-electron chi connectivity index (χ0n) is 15.7. The number of hydrogen-bond acceptors (Lipinski definition) is 7. The van der Waals surface area contributed by atoms with Crippen molar-refractivity contribution in [2.24, 2.45) is 5.84 Å². The van der Waals surface area contributed by atoms with Gasteiger partial charge in [0.05, 0.1) is 33.5 Å². The zero-order valence-corrected chi connectivity index (χ0v) is 15.7. The maximum Gasteiger partial charge on any atom is 0.338 e. The molecular formula is C19H18N5O5+. The number of aromatic nitrogens is 1. The Hall–Kier alpha value is -4.08. The van der Waals surface area contributed by atoms with Gasteiger partial charge >= 0.3 is 11.7 Å². The molecule has 3 aromatic rings. The van der Waals surface area contributed by atoms with Crippen molar-refractivity contribution in [2.75, 3.05) is 11.9 Å². The SMILES string of the molecule is CCOC(=O)c1ccc(Nc2c([N+](N)=O)cc([N+](=O)[O-])c3ccc(C)nc23)cc1. The van der Waals surface area contributed by atoms with Crippen LogP contribution in [0.1, 0.15) is 23.0 Å². The summed E-state index contributed by atoms with van der Waals surface area (Å²) in [5.41, 5.74) is 1.53. The first kappa shape index (κ1) is 19.7. The number of non-ortho nitro benzene ring substituents is 1. The molecule has 0 bridgehead atoms. The van der Waals surface area contributed by atoms with Crippen molar-refractivity contribution >= 4 is 39.6 Å². The van der Waals surface area contributed by atoms with Crippen LogP contribution in [0.15, 0.2) is 42.5 Å². The molecule has 0 aliphatic carbocycles. The molecule has 0 saturated heterocycles. The monoisotopic (exact) mass is 396 g/mol. The maximum atomic E-state index is 11.9. The number of aryl methyl sites for hydroxylation is 1. The number of fused-ring (bicyclic) bond motifs is 1. The van der Waals surface area contributed by atoms with Crippen LogP contribution >= 0.6 is 0 Å². The summed E-state index contributed by atoms with van der Waals surface area (Å²) in [5.74, 6) is 4.94. The predicted octanol–water partition coefficient (Wildman–Crippen LogP) is 3.66. The van der Waals surface area contributed by atoms with Crippen LogP contribution in [0.5, 0.6) is 0 Å². The fraction of sp³-hybridized carbons (Fsp3) is 0.158. The molecular weight excluding hydrogens is 378 g/mol. The topological polar surface area (TPSA) is 140 Å². The molecule has 148 valence electrons. The average molecular weight is 396 g/mol. The molecule has 1 heterocycles. The lowest BCUT2D eigenvalue weighted by atomic mass is 10.1. The lowest BCUT2D eigenvalue weighted by Crippen LogP contribution is -2.12. The Bertz CT molecular complexity index is 1130. The molecule has 10 heteroatoms. The molecule has 0 unspecified atom stereocenters. The molecule has 2 aromatic carbocycles. The molecule has 0 aliphatic rings. The van der Waals surface area contributed by atoms with Crippen molar-refractivity contribution in [1.29, 1.82) is 0 Å². The second-order valence-electron chi connectivity index (χ2n) is 6.14. The van der Waals surface area contributed by atoms with Gasteiger partial charge in [0.15, 0.2) is 4.87 Å². The van der Waals surface area contributed by atoms with E-state index in [-0.39, 0.29) is 39.4 Å². The number of ether oxygens (including phenoxy) is 1. The number of nitro groups is 1. The molecule has 10 nitrogen and oxygen atoms in total. The number of rotatable bonds is 6. The van der Waals surface area contributed by atoms with Crippen molar-refractivity contribution in [3.05, 3.63) is 68.7 Å². The van der Waals surface area contributed by atoms with Crippen LogP contribution in [0.3, 0.4) is 0 Å². The number of nitrogens with zero attached hydrogens (tertiary/aromatic N) is 3. The minimum Gasteiger partial charge on any atom is -0.462 e. The molecule has 0 atom stereocenters. The third-order valence-electron chi connectivity index (χ3n) is 4.18. The first-order valence-corrected chi connectivity index (χ1v) is 8.66. The van der Waals surface area contributed by atoms with Gasteiger partial charge in [0.1, 0.15) is 11.2 Å². The van der Waals surface area contributed by atoms with Crippen LogP contribution in [0.25, 0.3) is 10.9 Å². The molecule has 3 rings (SSSR count). The molecule has 29 heavy (non-hydrogen) atoms. The van der Waals surface area contributed by atoms with Gasteiger partial charge < -0.3 is 10.1 Å². The fourth-order valence-corrected chi connectivity index (χ4v) is 2.85. The second kappa shape index (κ2) is 7.89. The minimum atomic E-state index is -0.593. The number of anilines is 2. The Kier molecular flexibility index (Phi) is 5.35. The van der Waals surface area contributed by atoms with Crippen LogP contribution < -0.4 is 11.2 Å². The van der Waals surface area contributed by atoms with Gasteiger partial charge in [-0.2, -0.15) is 5.84 Å². The van der Waals surface area contributed by atoms with Gasteiger partial charge in [-0.15, -0.1) is 0 Å². The molecule has 0 fully saturated rings.